The number of carbonyl (C=O) groups excluding carboxylic acids is 2. The zero-order chi connectivity index (χ0) is 18.6. The topological polar surface area (TPSA) is 105 Å². The third-order valence-corrected chi connectivity index (χ3v) is 3.58. The molecule has 0 aliphatic heterocycles. The lowest BCUT2D eigenvalue weighted by Crippen LogP contribution is -2.30. The summed E-state index contributed by atoms with van der Waals surface area (Å²) in [5, 5.41) is 15.4. The van der Waals surface area contributed by atoms with Crippen LogP contribution in [0.4, 0.5) is 5.69 Å². The summed E-state index contributed by atoms with van der Waals surface area (Å²) >= 11 is 0. The van der Waals surface area contributed by atoms with E-state index in [2.05, 4.69) is 10.5 Å². The zero-order valence-corrected chi connectivity index (χ0v) is 14.5. The highest BCUT2D eigenvalue weighted by Gasteiger charge is 2.27. The predicted octanol–water partition coefficient (Wildman–Crippen LogP) is 3.16. The molecule has 1 N–H and O–H groups in total. The van der Waals surface area contributed by atoms with Gasteiger partial charge in [-0.05, 0) is 26.0 Å². The van der Waals surface area contributed by atoms with Crippen molar-refractivity contribution in [3.63, 3.8) is 0 Å². The number of anilines is 1. The first kappa shape index (κ1) is 18.2. The summed E-state index contributed by atoms with van der Waals surface area (Å²) in [5.74, 6) is -0.824. The van der Waals surface area contributed by atoms with Crippen LogP contribution in [-0.2, 0) is 9.53 Å². The Hall–Kier alpha value is -3.14. The molecule has 2 rings (SSSR count). The Balaban J connectivity index is 2.10. The summed E-state index contributed by atoms with van der Waals surface area (Å²) in [6.07, 6.45) is -1.05. The molecule has 1 aromatic carbocycles. The molecule has 0 unspecified atom stereocenters. The van der Waals surface area contributed by atoms with Gasteiger partial charge in [-0.3, -0.25) is 4.79 Å². The predicted molar refractivity (Wildman–Crippen MR) is 90.0 cm³/mol. The minimum absolute atomic E-state index is 0.0459. The lowest BCUT2D eigenvalue weighted by atomic mass is 10.1. The molecule has 1 atom stereocenters. The van der Waals surface area contributed by atoms with Crippen LogP contribution in [0, 0.1) is 18.3 Å². The van der Waals surface area contributed by atoms with Crippen LogP contribution < -0.4 is 5.32 Å². The van der Waals surface area contributed by atoms with E-state index in [1.165, 1.54) is 6.92 Å². The maximum atomic E-state index is 12.4. The van der Waals surface area contributed by atoms with Crippen molar-refractivity contribution >= 4 is 17.6 Å². The molecule has 0 aliphatic carbocycles. The van der Waals surface area contributed by atoms with Gasteiger partial charge in [0.05, 0.1) is 16.9 Å². The number of nitrogens with zero attached hydrogens (tertiary/aromatic N) is 2. The van der Waals surface area contributed by atoms with Crippen LogP contribution in [0.1, 0.15) is 54.1 Å². The third kappa shape index (κ3) is 4.04. The van der Waals surface area contributed by atoms with E-state index in [1.807, 2.05) is 19.9 Å². The number of nitriles is 1. The molecule has 7 nitrogen and oxygen atoms in total. The van der Waals surface area contributed by atoms with E-state index in [0.29, 0.717) is 22.7 Å². The number of hydrogen-bond donors (Lipinski definition) is 1. The normalized spacial score (nSPS) is 11.7. The molecule has 0 fully saturated rings. The number of benzene rings is 1. The number of hydrogen-bond acceptors (Lipinski definition) is 6. The number of aromatic nitrogens is 1. The third-order valence-electron chi connectivity index (χ3n) is 3.58. The fourth-order valence-corrected chi connectivity index (χ4v) is 2.23. The standard InChI is InChI=1S/C18H19N3O4/c1-10(2)16-15(11(3)21-25-16)18(23)24-12(4)17(22)20-14-8-6-5-7-13(14)9-19/h5-8,10,12H,1-4H3,(H,20,22)/t12-/m1/s1. The first-order chi connectivity index (χ1) is 11.8. The highest BCUT2D eigenvalue weighted by Crippen LogP contribution is 2.23. The van der Waals surface area contributed by atoms with Crippen molar-refractivity contribution in [2.45, 2.75) is 39.7 Å². The smallest absolute Gasteiger partial charge is 0.344 e. The molecule has 0 saturated carbocycles. The van der Waals surface area contributed by atoms with Crippen LogP contribution >= 0.6 is 0 Å². The molecule has 1 amide bonds. The summed E-state index contributed by atoms with van der Waals surface area (Å²) in [7, 11) is 0. The first-order valence-electron chi connectivity index (χ1n) is 7.82. The molecule has 0 spiro atoms. The summed E-state index contributed by atoms with van der Waals surface area (Å²) in [6.45, 7) is 6.83. The second kappa shape index (κ2) is 7.62. The highest BCUT2D eigenvalue weighted by atomic mass is 16.5. The number of ether oxygens (including phenoxy) is 1. The van der Waals surface area contributed by atoms with Crippen molar-refractivity contribution in [2.75, 3.05) is 5.32 Å². The molecule has 25 heavy (non-hydrogen) atoms. The molecule has 7 heteroatoms. The Labute approximate surface area is 145 Å². The van der Waals surface area contributed by atoms with Gasteiger partial charge >= 0.3 is 5.97 Å². The van der Waals surface area contributed by atoms with Gasteiger partial charge in [0.15, 0.2) is 11.9 Å². The van der Waals surface area contributed by atoms with Gasteiger partial charge in [-0.15, -0.1) is 0 Å². The number of rotatable bonds is 5. The molecule has 0 radical (unpaired) electrons. The van der Waals surface area contributed by atoms with Crippen molar-refractivity contribution in [3.05, 3.63) is 46.8 Å². The Bertz CT molecular complexity index is 833. The molecule has 0 aliphatic rings. The van der Waals surface area contributed by atoms with Crippen LogP contribution in [0.3, 0.4) is 0 Å². The Morgan fingerprint density at radius 2 is 1.96 bits per heavy atom. The fraction of sp³-hybridized carbons (Fsp3) is 0.333. The van der Waals surface area contributed by atoms with Crippen molar-refractivity contribution in [3.8, 4) is 6.07 Å². The van der Waals surface area contributed by atoms with Gasteiger partial charge in [-0.1, -0.05) is 31.1 Å². The molecule has 0 bridgehead atoms. The van der Waals surface area contributed by atoms with Crippen molar-refractivity contribution in [1.82, 2.24) is 5.16 Å². The Morgan fingerprint density at radius 3 is 2.60 bits per heavy atom. The number of nitrogens with one attached hydrogen (secondary N) is 1. The van der Waals surface area contributed by atoms with E-state index in [9.17, 15) is 9.59 Å². The average Bonchev–Trinajstić information content (AvgIpc) is 2.97. The van der Waals surface area contributed by atoms with Crippen LogP contribution in [0.15, 0.2) is 28.8 Å². The van der Waals surface area contributed by atoms with Crippen molar-refractivity contribution in [1.29, 1.82) is 5.26 Å². The lowest BCUT2D eigenvalue weighted by Gasteiger charge is -2.14. The summed E-state index contributed by atoms with van der Waals surface area (Å²) in [4.78, 5) is 24.6. The molecule has 1 aromatic heterocycles. The molecule has 2 aromatic rings. The van der Waals surface area contributed by atoms with Gasteiger partial charge in [0.2, 0.25) is 0 Å². The highest BCUT2D eigenvalue weighted by molar-refractivity contribution is 5.98. The number of aryl methyl sites for hydroxylation is 1. The molecule has 0 saturated heterocycles. The molecule has 1 heterocycles. The number of esters is 1. The van der Waals surface area contributed by atoms with Crippen molar-refractivity contribution in [2.24, 2.45) is 0 Å². The second-order valence-electron chi connectivity index (χ2n) is 5.86. The van der Waals surface area contributed by atoms with E-state index in [4.69, 9.17) is 14.5 Å². The van der Waals surface area contributed by atoms with Crippen LogP contribution in [0.2, 0.25) is 0 Å². The number of para-hydroxylation sites is 1. The average molecular weight is 341 g/mol. The van der Waals surface area contributed by atoms with Gasteiger partial charge in [0, 0.05) is 5.92 Å². The number of carbonyl (C=O) groups is 2. The van der Waals surface area contributed by atoms with E-state index < -0.39 is 18.0 Å². The van der Waals surface area contributed by atoms with Gasteiger partial charge in [0.25, 0.3) is 5.91 Å². The second-order valence-corrected chi connectivity index (χ2v) is 5.86. The summed E-state index contributed by atoms with van der Waals surface area (Å²) in [5.41, 5.74) is 1.34. The van der Waals surface area contributed by atoms with Gasteiger partial charge in [-0.2, -0.15) is 5.26 Å². The van der Waals surface area contributed by atoms with E-state index in [1.54, 1.807) is 31.2 Å². The fourth-order valence-electron chi connectivity index (χ4n) is 2.23. The largest absolute Gasteiger partial charge is 0.449 e. The Kier molecular flexibility index (Phi) is 5.55. The lowest BCUT2D eigenvalue weighted by molar-refractivity contribution is -0.123. The molecule has 130 valence electrons. The Morgan fingerprint density at radius 1 is 1.28 bits per heavy atom. The van der Waals surface area contributed by atoms with Crippen LogP contribution in [0.5, 0.6) is 0 Å². The minimum atomic E-state index is -1.05. The summed E-state index contributed by atoms with van der Waals surface area (Å²) < 4.78 is 10.4. The summed E-state index contributed by atoms with van der Waals surface area (Å²) in [6, 6.07) is 8.57. The van der Waals surface area contributed by atoms with Crippen molar-refractivity contribution < 1.29 is 18.8 Å². The quantitative estimate of drug-likeness (QED) is 0.837. The molecular weight excluding hydrogens is 322 g/mol. The van der Waals surface area contributed by atoms with Crippen LogP contribution in [0.25, 0.3) is 0 Å². The zero-order valence-electron chi connectivity index (χ0n) is 14.5. The van der Waals surface area contributed by atoms with E-state index >= 15 is 0 Å². The maximum absolute atomic E-state index is 12.4. The molecular formula is C18H19N3O4. The first-order valence-corrected chi connectivity index (χ1v) is 7.82. The SMILES string of the molecule is Cc1noc(C(C)C)c1C(=O)O[C@H](C)C(=O)Nc1ccccc1C#N. The van der Waals surface area contributed by atoms with Crippen LogP contribution in [-0.4, -0.2) is 23.1 Å². The van der Waals surface area contributed by atoms with E-state index in [-0.39, 0.29) is 11.5 Å². The van der Waals surface area contributed by atoms with Gasteiger partial charge in [0.1, 0.15) is 11.6 Å². The maximum Gasteiger partial charge on any atom is 0.344 e. The van der Waals surface area contributed by atoms with E-state index in [0.717, 1.165) is 0 Å². The number of amides is 1. The van der Waals surface area contributed by atoms with Gasteiger partial charge in [-0.25, -0.2) is 4.79 Å². The van der Waals surface area contributed by atoms with Gasteiger partial charge < -0.3 is 14.6 Å². The minimum Gasteiger partial charge on any atom is -0.449 e. The monoisotopic (exact) mass is 341 g/mol.